The van der Waals surface area contributed by atoms with Crippen LogP contribution in [0, 0.1) is 6.92 Å². The zero-order valence-corrected chi connectivity index (χ0v) is 16.3. The molecule has 3 aromatic rings. The Bertz CT molecular complexity index is 916. The average molecular weight is 421 g/mol. The lowest BCUT2D eigenvalue weighted by Crippen LogP contribution is -2.03. The van der Waals surface area contributed by atoms with Crippen molar-refractivity contribution >= 4 is 44.4 Å². The Kier molecular flexibility index (Phi) is 5.50. The molecule has 0 atom stereocenters. The molecule has 0 aliphatic carbocycles. The zero-order valence-electron chi connectivity index (χ0n) is 13.9. The van der Waals surface area contributed by atoms with Crippen molar-refractivity contribution < 1.29 is 9.90 Å². The van der Waals surface area contributed by atoms with E-state index in [0.717, 1.165) is 22.5 Å². The quantitative estimate of drug-likeness (QED) is 0.546. The van der Waals surface area contributed by atoms with E-state index in [0.29, 0.717) is 6.42 Å². The molecule has 130 valence electrons. The monoisotopic (exact) mass is 419 g/mol. The normalized spacial score (nSPS) is 11.2. The van der Waals surface area contributed by atoms with Crippen molar-refractivity contribution in [3.8, 4) is 0 Å². The van der Waals surface area contributed by atoms with E-state index in [1.54, 1.807) is 0 Å². The van der Waals surface area contributed by atoms with E-state index < -0.39 is 5.97 Å². The molecule has 5 heteroatoms. The van der Waals surface area contributed by atoms with E-state index in [1.807, 2.05) is 30.3 Å². The van der Waals surface area contributed by atoms with Crippen LogP contribution >= 0.6 is 27.5 Å². The van der Waals surface area contributed by atoms with Crippen LogP contribution in [0.25, 0.3) is 10.9 Å². The number of rotatable bonds is 6. The minimum absolute atomic E-state index is 0.192. The molecule has 0 saturated heterocycles. The Balaban J connectivity index is 2.00. The third-order valence-corrected chi connectivity index (χ3v) is 5.23. The largest absolute Gasteiger partial charge is 0.481 e. The van der Waals surface area contributed by atoms with Gasteiger partial charge in [-0.2, -0.15) is 0 Å². The molecular weight excluding hydrogens is 402 g/mol. The van der Waals surface area contributed by atoms with Gasteiger partial charge >= 0.3 is 5.97 Å². The van der Waals surface area contributed by atoms with Gasteiger partial charge in [-0.1, -0.05) is 39.7 Å². The molecule has 0 fully saturated rings. The third kappa shape index (κ3) is 4.07. The highest BCUT2D eigenvalue weighted by molar-refractivity contribution is 9.10. The molecule has 1 aromatic heterocycles. The summed E-state index contributed by atoms with van der Waals surface area (Å²) < 4.78 is 3.32. The molecule has 3 nitrogen and oxygen atoms in total. The van der Waals surface area contributed by atoms with Gasteiger partial charge in [-0.3, -0.25) is 4.79 Å². The van der Waals surface area contributed by atoms with E-state index in [2.05, 4.69) is 39.6 Å². The first kappa shape index (κ1) is 18.0. The van der Waals surface area contributed by atoms with Crippen LogP contribution in [0.1, 0.15) is 29.7 Å². The first-order chi connectivity index (χ1) is 12.0. The maximum Gasteiger partial charge on any atom is 0.303 e. The number of benzene rings is 2. The second kappa shape index (κ2) is 7.63. The first-order valence-corrected chi connectivity index (χ1v) is 9.36. The standard InChI is InChI=1S/C20H19BrClNO2/c1-13-17(3-2-4-20(24)25)18-11-15(21)7-10-19(18)23(13)12-14-5-8-16(22)9-6-14/h5-11H,2-4,12H2,1H3,(H,24,25). The van der Waals surface area contributed by atoms with Crippen molar-refractivity contribution in [2.24, 2.45) is 0 Å². The van der Waals surface area contributed by atoms with Crippen molar-refractivity contribution in [3.05, 3.63) is 68.8 Å². The lowest BCUT2D eigenvalue weighted by atomic mass is 10.0. The number of aliphatic carboxylic acids is 1. The summed E-state index contributed by atoms with van der Waals surface area (Å²) in [6, 6.07) is 14.2. The van der Waals surface area contributed by atoms with Gasteiger partial charge in [0.2, 0.25) is 0 Å². The second-order valence-corrected chi connectivity index (χ2v) is 7.54. The predicted molar refractivity (Wildman–Crippen MR) is 106 cm³/mol. The molecule has 1 heterocycles. The number of carbonyl (C=O) groups is 1. The lowest BCUT2D eigenvalue weighted by Gasteiger charge is -2.09. The summed E-state index contributed by atoms with van der Waals surface area (Å²) in [7, 11) is 0. The van der Waals surface area contributed by atoms with Gasteiger partial charge in [-0.25, -0.2) is 0 Å². The highest BCUT2D eigenvalue weighted by atomic mass is 79.9. The van der Waals surface area contributed by atoms with Crippen LogP contribution in [0.15, 0.2) is 46.9 Å². The Hall–Kier alpha value is -1.78. The minimum Gasteiger partial charge on any atom is -0.481 e. The third-order valence-electron chi connectivity index (χ3n) is 4.49. The van der Waals surface area contributed by atoms with Crippen LogP contribution in [-0.4, -0.2) is 15.6 Å². The summed E-state index contributed by atoms with van der Waals surface area (Å²) in [6.45, 7) is 2.87. The average Bonchev–Trinajstić information content (AvgIpc) is 2.81. The van der Waals surface area contributed by atoms with Gasteiger partial charge < -0.3 is 9.67 Å². The SMILES string of the molecule is Cc1c(CCCC(=O)O)c2cc(Br)ccc2n1Cc1ccc(Cl)cc1. The van der Waals surface area contributed by atoms with Crippen LogP contribution in [0.4, 0.5) is 0 Å². The van der Waals surface area contributed by atoms with Gasteiger partial charge in [0.1, 0.15) is 0 Å². The van der Waals surface area contributed by atoms with Crippen LogP contribution in [0.2, 0.25) is 5.02 Å². The van der Waals surface area contributed by atoms with Gasteiger partial charge in [-0.05, 0) is 61.2 Å². The topological polar surface area (TPSA) is 42.2 Å². The molecule has 0 bridgehead atoms. The molecule has 0 amide bonds. The fourth-order valence-corrected chi connectivity index (χ4v) is 3.72. The van der Waals surface area contributed by atoms with Crippen LogP contribution < -0.4 is 0 Å². The maximum atomic E-state index is 10.8. The second-order valence-electron chi connectivity index (χ2n) is 6.19. The summed E-state index contributed by atoms with van der Waals surface area (Å²) in [4.78, 5) is 10.8. The van der Waals surface area contributed by atoms with Crippen molar-refractivity contribution in [2.45, 2.75) is 32.7 Å². The number of halogens is 2. The number of carboxylic acid groups (broad SMARTS) is 1. The Morgan fingerprint density at radius 1 is 1.20 bits per heavy atom. The number of carboxylic acids is 1. The Morgan fingerprint density at radius 2 is 1.92 bits per heavy atom. The van der Waals surface area contributed by atoms with E-state index in [1.165, 1.54) is 27.7 Å². The Morgan fingerprint density at radius 3 is 2.60 bits per heavy atom. The van der Waals surface area contributed by atoms with Crippen LogP contribution in [0.3, 0.4) is 0 Å². The lowest BCUT2D eigenvalue weighted by molar-refractivity contribution is -0.137. The number of aromatic nitrogens is 1. The zero-order chi connectivity index (χ0) is 18.0. The molecule has 3 rings (SSSR count). The van der Waals surface area contributed by atoms with Crippen molar-refractivity contribution in [3.63, 3.8) is 0 Å². The molecule has 2 aromatic carbocycles. The maximum absolute atomic E-state index is 10.8. The number of hydrogen-bond donors (Lipinski definition) is 1. The van der Waals surface area contributed by atoms with Crippen LogP contribution in [0.5, 0.6) is 0 Å². The Labute approximate surface area is 160 Å². The van der Waals surface area contributed by atoms with Crippen LogP contribution in [-0.2, 0) is 17.8 Å². The van der Waals surface area contributed by atoms with Gasteiger partial charge in [-0.15, -0.1) is 0 Å². The molecule has 0 aliphatic heterocycles. The van der Waals surface area contributed by atoms with E-state index >= 15 is 0 Å². The fraction of sp³-hybridized carbons (Fsp3) is 0.250. The predicted octanol–water partition coefficient (Wildman–Crippen LogP) is 5.82. The number of nitrogens with zero attached hydrogens (tertiary/aromatic N) is 1. The van der Waals surface area contributed by atoms with E-state index in [9.17, 15) is 4.79 Å². The van der Waals surface area contributed by atoms with Crippen molar-refractivity contribution in [1.29, 1.82) is 0 Å². The molecule has 25 heavy (non-hydrogen) atoms. The molecule has 0 radical (unpaired) electrons. The van der Waals surface area contributed by atoms with Crippen molar-refractivity contribution in [1.82, 2.24) is 4.57 Å². The molecular formula is C20H19BrClNO2. The summed E-state index contributed by atoms with van der Waals surface area (Å²) in [5.41, 5.74) is 4.77. The summed E-state index contributed by atoms with van der Waals surface area (Å²) in [5, 5.41) is 10.8. The van der Waals surface area contributed by atoms with Gasteiger partial charge in [0.15, 0.2) is 0 Å². The van der Waals surface area contributed by atoms with Gasteiger partial charge in [0, 0.05) is 39.1 Å². The molecule has 0 unspecified atom stereocenters. The molecule has 0 spiro atoms. The number of hydrogen-bond acceptors (Lipinski definition) is 1. The summed E-state index contributed by atoms with van der Waals surface area (Å²) in [5.74, 6) is -0.747. The summed E-state index contributed by atoms with van der Waals surface area (Å²) >= 11 is 9.53. The minimum atomic E-state index is -0.747. The molecule has 0 saturated carbocycles. The highest BCUT2D eigenvalue weighted by Crippen LogP contribution is 2.30. The van der Waals surface area contributed by atoms with Gasteiger partial charge in [0.25, 0.3) is 0 Å². The number of fused-ring (bicyclic) bond motifs is 1. The molecule has 0 aliphatic rings. The fourth-order valence-electron chi connectivity index (χ4n) is 3.23. The first-order valence-electron chi connectivity index (χ1n) is 8.19. The smallest absolute Gasteiger partial charge is 0.303 e. The number of aryl methyl sites for hydroxylation is 1. The van der Waals surface area contributed by atoms with E-state index in [-0.39, 0.29) is 6.42 Å². The summed E-state index contributed by atoms with van der Waals surface area (Å²) in [6.07, 6.45) is 1.60. The van der Waals surface area contributed by atoms with E-state index in [4.69, 9.17) is 16.7 Å². The highest BCUT2D eigenvalue weighted by Gasteiger charge is 2.15. The van der Waals surface area contributed by atoms with Crippen molar-refractivity contribution in [2.75, 3.05) is 0 Å². The van der Waals surface area contributed by atoms with Gasteiger partial charge in [0.05, 0.1) is 0 Å². The molecule has 1 N–H and O–H groups in total.